The first-order valence-corrected chi connectivity index (χ1v) is 13.6. The van der Waals surface area contributed by atoms with E-state index in [4.69, 9.17) is 0 Å². The number of aromatic nitrogens is 4. The first-order chi connectivity index (χ1) is 18.7. The average Bonchev–Trinajstić information content (AvgIpc) is 3.51. The van der Waals surface area contributed by atoms with Crippen molar-refractivity contribution in [2.24, 2.45) is 5.92 Å². The maximum atomic E-state index is 13.9. The summed E-state index contributed by atoms with van der Waals surface area (Å²) in [4.78, 5) is 20.2. The van der Waals surface area contributed by atoms with Gasteiger partial charge in [-0.25, -0.2) is 4.39 Å². The molecule has 0 unspecified atom stereocenters. The van der Waals surface area contributed by atoms with Gasteiger partial charge in [-0.15, -0.1) is 0 Å². The Morgan fingerprint density at radius 3 is 2.59 bits per heavy atom. The third kappa shape index (κ3) is 5.70. The Kier molecular flexibility index (Phi) is 7.47. The van der Waals surface area contributed by atoms with Crippen LogP contribution in [0, 0.1) is 11.7 Å². The van der Waals surface area contributed by atoms with E-state index < -0.39 is 0 Å². The van der Waals surface area contributed by atoms with Crippen LogP contribution in [0.3, 0.4) is 0 Å². The monoisotopic (exact) mass is 631 g/mol. The van der Waals surface area contributed by atoms with E-state index in [0.29, 0.717) is 11.3 Å². The molecule has 0 saturated heterocycles. The maximum absolute atomic E-state index is 13.9. The lowest BCUT2D eigenvalue weighted by atomic mass is 10.0. The second-order valence-corrected chi connectivity index (χ2v) is 11.1. The summed E-state index contributed by atoms with van der Waals surface area (Å²) >= 11 is 2.18. The quantitative estimate of drug-likeness (QED) is 0.126. The van der Waals surface area contributed by atoms with Crippen molar-refractivity contribution in [2.45, 2.75) is 20.8 Å². The van der Waals surface area contributed by atoms with Crippen molar-refractivity contribution < 1.29 is 9.18 Å². The molecule has 5 aromatic rings. The van der Waals surface area contributed by atoms with Gasteiger partial charge in [0.05, 0.1) is 16.9 Å². The molecule has 3 aromatic heterocycles. The molecule has 8 heteroatoms. The average molecular weight is 631 g/mol. The van der Waals surface area contributed by atoms with Crippen LogP contribution in [0.5, 0.6) is 0 Å². The van der Waals surface area contributed by atoms with Gasteiger partial charge in [0.1, 0.15) is 11.5 Å². The van der Waals surface area contributed by atoms with Gasteiger partial charge in [0, 0.05) is 43.2 Å². The van der Waals surface area contributed by atoms with Gasteiger partial charge in [0.2, 0.25) is 5.91 Å². The van der Waals surface area contributed by atoms with Gasteiger partial charge in [0.25, 0.3) is 0 Å². The molecular weight excluding hydrogens is 604 g/mol. The second kappa shape index (κ2) is 11.0. The highest BCUT2D eigenvalue weighted by atomic mass is 127. The Hall–Kier alpha value is -4.05. The number of fused-ring (bicyclic) bond motifs is 2. The number of H-pyrrole nitrogens is 2. The van der Waals surface area contributed by atoms with E-state index in [1.807, 2.05) is 63.3 Å². The molecule has 0 saturated carbocycles. The van der Waals surface area contributed by atoms with Gasteiger partial charge in [-0.3, -0.25) is 14.9 Å². The van der Waals surface area contributed by atoms with Crippen molar-refractivity contribution in [3.05, 3.63) is 100 Å². The van der Waals surface area contributed by atoms with Gasteiger partial charge in [-0.1, -0.05) is 38.6 Å². The second-order valence-electron chi connectivity index (χ2n) is 9.66. The summed E-state index contributed by atoms with van der Waals surface area (Å²) < 4.78 is 14.8. The van der Waals surface area contributed by atoms with Crippen LogP contribution < -0.4 is 5.32 Å². The van der Waals surface area contributed by atoms with E-state index in [-0.39, 0.29) is 17.6 Å². The number of rotatable bonds is 7. The molecule has 0 radical (unpaired) electrons. The lowest BCUT2D eigenvalue weighted by Crippen LogP contribution is -2.25. The number of carbonyl (C=O) groups excluding carboxylic acids is 1. The van der Waals surface area contributed by atoms with Gasteiger partial charge >= 0.3 is 0 Å². The molecule has 2 aromatic carbocycles. The highest BCUT2D eigenvalue weighted by Crippen LogP contribution is 2.34. The number of hydrogen-bond donors (Lipinski definition) is 3. The van der Waals surface area contributed by atoms with Crippen LogP contribution in [0.25, 0.3) is 50.0 Å². The van der Waals surface area contributed by atoms with Crippen LogP contribution in [0.1, 0.15) is 26.3 Å². The van der Waals surface area contributed by atoms with E-state index in [2.05, 4.69) is 60.7 Å². The summed E-state index contributed by atoms with van der Waals surface area (Å²) in [7, 11) is 0. The Morgan fingerprint density at radius 1 is 1.05 bits per heavy atom. The molecule has 0 fully saturated rings. The predicted molar refractivity (Wildman–Crippen MR) is 164 cm³/mol. The molecule has 39 heavy (non-hydrogen) atoms. The molecular formula is C31H27FIN5O. The summed E-state index contributed by atoms with van der Waals surface area (Å²) in [6.45, 7) is 9.64. The third-order valence-corrected chi connectivity index (χ3v) is 6.64. The van der Waals surface area contributed by atoms with Gasteiger partial charge in [0.15, 0.2) is 0 Å². The smallest absolute Gasteiger partial charge is 0.226 e. The maximum Gasteiger partial charge on any atom is 0.226 e. The van der Waals surface area contributed by atoms with Crippen molar-refractivity contribution in [3.63, 3.8) is 0 Å². The fourth-order valence-electron chi connectivity index (χ4n) is 4.43. The minimum atomic E-state index is -0.306. The summed E-state index contributed by atoms with van der Waals surface area (Å²) in [6.07, 6.45) is 5.64. The predicted octanol–water partition coefficient (Wildman–Crippen LogP) is 7.92. The van der Waals surface area contributed by atoms with E-state index >= 15 is 0 Å². The number of hydrogen-bond acceptors (Lipinski definition) is 3. The number of amides is 1. The largest absolute Gasteiger partial charge is 0.353 e. The van der Waals surface area contributed by atoms with Crippen LogP contribution in [0.4, 0.5) is 4.39 Å². The molecule has 0 spiro atoms. The number of nitrogens with zero attached hydrogens (tertiary/aromatic N) is 2. The number of benzene rings is 2. The molecule has 196 valence electrons. The Balaban J connectivity index is 1.58. The SMILES string of the molecule is C=C(I)/C=C(\C=C(/C)NC(=O)C(C)C)c1ccc2[nH]nc(-c3cc4c(-c5cccc(F)c5)nccc4[nH]3)c2c1. The zero-order valence-corrected chi connectivity index (χ0v) is 23.9. The van der Waals surface area contributed by atoms with Gasteiger partial charge < -0.3 is 10.3 Å². The fraction of sp³-hybridized carbons (Fsp3) is 0.129. The molecule has 3 N–H and O–H groups in total. The summed E-state index contributed by atoms with van der Waals surface area (Å²) in [5, 5.41) is 12.5. The minimum absolute atomic E-state index is 0.0325. The Labute approximate surface area is 239 Å². The number of pyridine rings is 1. The number of allylic oxidation sites excluding steroid dienone is 5. The molecule has 0 atom stereocenters. The van der Waals surface area contributed by atoms with Crippen LogP contribution in [0.2, 0.25) is 0 Å². The highest BCUT2D eigenvalue weighted by Gasteiger charge is 2.16. The third-order valence-electron chi connectivity index (χ3n) is 6.33. The zero-order chi connectivity index (χ0) is 27.7. The van der Waals surface area contributed by atoms with Crippen molar-refractivity contribution in [1.82, 2.24) is 25.5 Å². The molecule has 0 aliphatic heterocycles. The van der Waals surface area contributed by atoms with Gasteiger partial charge in [-0.2, -0.15) is 5.10 Å². The number of aromatic amines is 2. The first-order valence-electron chi connectivity index (χ1n) is 12.5. The van der Waals surface area contributed by atoms with E-state index in [1.165, 1.54) is 12.1 Å². The normalized spacial score (nSPS) is 12.5. The minimum Gasteiger partial charge on any atom is -0.353 e. The summed E-state index contributed by atoms with van der Waals surface area (Å²) in [5.74, 6) is -0.452. The van der Waals surface area contributed by atoms with Crippen molar-refractivity contribution >= 4 is 55.9 Å². The molecule has 5 rings (SSSR count). The van der Waals surface area contributed by atoms with Crippen LogP contribution in [-0.2, 0) is 4.79 Å². The first kappa shape index (κ1) is 26.6. The molecule has 0 aliphatic carbocycles. The molecule has 6 nitrogen and oxygen atoms in total. The van der Waals surface area contributed by atoms with Crippen LogP contribution in [-0.4, -0.2) is 26.1 Å². The summed E-state index contributed by atoms with van der Waals surface area (Å²) in [5.41, 5.74) is 7.38. The lowest BCUT2D eigenvalue weighted by Gasteiger charge is -2.10. The molecule has 0 bridgehead atoms. The van der Waals surface area contributed by atoms with E-state index in [0.717, 1.165) is 53.6 Å². The van der Waals surface area contributed by atoms with Crippen LogP contribution >= 0.6 is 22.6 Å². The highest BCUT2D eigenvalue weighted by molar-refractivity contribution is 14.1. The standard InChI is InChI=1S/C31H27FIN5O/c1-17(2)31(39)35-19(4)13-22(12-18(3)33)20-8-9-27-24(15-20)30(38-37-27)28-16-25-26(36-28)10-11-34-29(25)21-6-5-7-23(32)14-21/h5-17,36H,3H2,1-2,4H3,(H,35,39)(H,37,38)/b19-13+,22-12+. The molecule has 3 heterocycles. The van der Waals surface area contributed by atoms with E-state index in [9.17, 15) is 9.18 Å². The summed E-state index contributed by atoms with van der Waals surface area (Å²) in [6, 6.07) is 16.4. The number of carbonyl (C=O) groups is 1. The fourth-order valence-corrected chi connectivity index (χ4v) is 4.77. The Morgan fingerprint density at radius 2 is 1.85 bits per heavy atom. The van der Waals surface area contributed by atoms with Gasteiger partial charge in [-0.05, 0) is 89.2 Å². The van der Waals surface area contributed by atoms with Crippen LogP contribution in [0.15, 0.2) is 88.8 Å². The lowest BCUT2D eigenvalue weighted by molar-refractivity contribution is -0.123. The molecule has 0 aliphatic rings. The van der Waals surface area contributed by atoms with Crippen molar-refractivity contribution in [1.29, 1.82) is 0 Å². The van der Waals surface area contributed by atoms with Crippen molar-refractivity contribution in [3.8, 4) is 22.6 Å². The zero-order valence-electron chi connectivity index (χ0n) is 21.8. The number of halogens is 2. The van der Waals surface area contributed by atoms with Crippen molar-refractivity contribution in [2.75, 3.05) is 0 Å². The molecule has 1 amide bonds. The Bertz CT molecular complexity index is 1790. The van der Waals surface area contributed by atoms with E-state index in [1.54, 1.807) is 12.3 Å². The number of nitrogens with one attached hydrogen (secondary N) is 3. The topological polar surface area (TPSA) is 86.5 Å².